The quantitative estimate of drug-likeness (QED) is 0.850. The molecule has 1 atom stereocenters. The molecule has 0 radical (unpaired) electrons. The Balaban J connectivity index is 1.41. The van der Waals surface area contributed by atoms with Crippen LogP contribution in [0.25, 0.3) is 0 Å². The molecule has 150 valence electrons. The number of halogens is 1. The molecule has 4 heterocycles. The topological polar surface area (TPSA) is 66.3 Å². The number of anilines is 2. The minimum Gasteiger partial charge on any atom is -0.367 e. The molecule has 2 aromatic rings. The first-order valence-corrected chi connectivity index (χ1v) is 10.4. The number of carbonyl (C=O) groups is 1. The Bertz CT molecular complexity index is 832. The van der Waals surface area contributed by atoms with Crippen molar-refractivity contribution in [3.63, 3.8) is 0 Å². The molecule has 1 amide bonds. The van der Waals surface area contributed by atoms with Gasteiger partial charge >= 0.3 is 0 Å². The molecule has 1 unspecified atom stereocenters. The van der Waals surface area contributed by atoms with Crippen molar-refractivity contribution in [1.82, 2.24) is 19.7 Å². The van der Waals surface area contributed by atoms with E-state index < -0.39 is 0 Å². The van der Waals surface area contributed by atoms with Crippen molar-refractivity contribution >= 4 is 29.0 Å². The predicted octanol–water partition coefficient (Wildman–Crippen LogP) is 3.18. The van der Waals surface area contributed by atoms with Gasteiger partial charge < -0.3 is 15.1 Å². The zero-order valence-electron chi connectivity index (χ0n) is 16.3. The van der Waals surface area contributed by atoms with Crippen LogP contribution in [-0.2, 0) is 7.05 Å². The molecule has 2 aliphatic heterocycles. The standard InChI is InChI=1S/C20H27ClN6O/c1-25-14-17(12-23-25)27-9-5-6-16(13-27)24-19-18(21)10-15(11-22-19)20(28)26-7-3-2-4-8-26/h10-12,14,16H,2-9,13H2,1H3,(H,22,24). The van der Waals surface area contributed by atoms with E-state index in [4.69, 9.17) is 11.6 Å². The number of nitrogens with one attached hydrogen (secondary N) is 1. The van der Waals surface area contributed by atoms with Crippen LogP contribution in [0.3, 0.4) is 0 Å². The zero-order valence-corrected chi connectivity index (χ0v) is 17.0. The third-order valence-corrected chi connectivity index (χ3v) is 5.84. The predicted molar refractivity (Wildman–Crippen MR) is 111 cm³/mol. The number of pyridine rings is 1. The molecule has 2 aliphatic rings. The summed E-state index contributed by atoms with van der Waals surface area (Å²) in [6.07, 6.45) is 11.1. The zero-order chi connectivity index (χ0) is 19.5. The number of amides is 1. The van der Waals surface area contributed by atoms with Crippen LogP contribution in [0.2, 0.25) is 5.02 Å². The van der Waals surface area contributed by atoms with E-state index in [2.05, 4.69) is 20.3 Å². The van der Waals surface area contributed by atoms with Crippen LogP contribution in [0.15, 0.2) is 24.7 Å². The summed E-state index contributed by atoms with van der Waals surface area (Å²) >= 11 is 6.47. The molecule has 0 saturated carbocycles. The molecule has 0 spiro atoms. The van der Waals surface area contributed by atoms with Gasteiger partial charge in [0.25, 0.3) is 5.91 Å². The van der Waals surface area contributed by atoms with Gasteiger partial charge in [-0.05, 0) is 38.2 Å². The normalized spacial score (nSPS) is 20.3. The molecule has 4 rings (SSSR count). The van der Waals surface area contributed by atoms with Crippen LogP contribution < -0.4 is 10.2 Å². The van der Waals surface area contributed by atoms with Gasteiger partial charge in [-0.25, -0.2) is 4.98 Å². The average molecular weight is 403 g/mol. The summed E-state index contributed by atoms with van der Waals surface area (Å²) in [4.78, 5) is 21.3. The Labute approximate surface area is 170 Å². The summed E-state index contributed by atoms with van der Waals surface area (Å²) in [5, 5.41) is 8.23. The van der Waals surface area contributed by atoms with Crippen LogP contribution in [0, 0.1) is 0 Å². The molecule has 0 aromatic carbocycles. The largest absolute Gasteiger partial charge is 0.367 e. The first kappa shape index (κ1) is 19.1. The highest BCUT2D eigenvalue weighted by Crippen LogP contribution is 2.26. The molecule has 8 heteroatoms. The van der Waals surface area contributed by atoms with Gasteiger partial charge in [-0.3, -0.25) is 9.48 Å². The number of carbonyl (C=O) groups excluding carboxylic acids is 1. The second-order valence-electron chi connectivity index (χ2n) is 7.71. The first-order valence-electron chi connectivity index (χ1n) is 10.0. The van der Waals surface area contributed by atoms with E-state index in [1.165, 1.54) is 6.42 Å². The van der Waals surface area contributed by atoms with E-state index in [-0.39, 0.29) is 11.9 Å². The van der Waals surface area contributed by atoms with Crippen molar-refractivity contribution in [2.45, 2.75) is 38.1 Å². The average Bonchev–Trinajstić information content (AvgIpc) is 3.16. The maximum atomic E-state index is 12.6. The van der Waals surface area contributed by atoms with Gasteiger partial charge in [0.1, 0.15) is 5.82 Å². The summed E-state index contributed by atoms with van der Waals surface area (Å²) in [5.41, 5.74) is 1.70. The van der Waals surface area contributed by atoms with Crippen molar-refractivity contribution in [3.8, 4) is 0 Å². The van der Waals surface area contributed by atoms with Gasteiger partial charge in [-0.2, -0.15) is 5.10 Å². The van der Waals surface area contributed by atoms with Gasteiger partial charge in [0.2, 0.25) is 0 Å². The molecule has 0 aliphatic carbocycles. The van der Waals surface area contributed by atoms with E-state index in [1.54, 1.807) is 12.3 Å². The van der Waals surface area contributed by atoms with Crippen LogP contribution in [0.1, 0.15) is 42.5 Å². The lowest BCUT2D eigenvalue weighted by atomic mass is 10.1. The lowest BCUT2D eigenvalue weighted by Crippen LogP contribution is -2.42. The van der Waals surface area contributed by atoms with Crippen LogP contribution in [0.5, 0.6) is 0 Å². The first-order chi connectivity index (χ1) is 13.6. The Morgan fingerprint density at radius 1 is 1.18 bits per heavy atom. The summed E-state index contributed by atoms with van der Waals surface area (Å²) in [5.74, 6) is 0.677. The van der Waals surface area contributed by atoms with Crippen molar-refractivity contribution < 1.29 is 4.79 Å². The number of rotatable bonds is 4. The van der Waals surface area contributed by atoms with Crippen LogP contribution >= 0.6 is 11.6 Å². The van der Waals surface area contributed by atoms with Gasteiger partial charge in [-0.15, -0.1) is 0 Å². The number of nitrogens with zero attached hydrogens (tertiary/aromatic N) is 5. The molecular weight excluding hydrogens is 376 g/mol. The van der Waals surface area contributed by atoms with Crippen molar-refractivity contribution in [2.75, 3.05) is 36.4 Å². The van der Waals surface area contributed by atoms with E-state index >= 15 is 0 Å². The number of aryl methyl sites for hydroxylation is 1. The van der Waals surface area contributed by atoms with E-state index in [0.29, 0.717) is 16.4 Å². The smallest absolute Gasteiger partial charge is 0.255 e. The molecule has 1 N–H and O–H groups in total. The van der Waals surface area contributed by atoms with Gasteiger partial charge in [0.15, 0.2) is 0 Å². The number of hydrogen-bond donors (Lipinski definition) is 1. The maximum absolute atomic E-state index is 12.6. The van der Waals surface area contributed by atoms with Gasteiger partial charge in [-0.1, -0.05) is 11.6 Å². The third-order valence-electron chi connectivity index (χ3n) is 5.55. The molecule has 2 fully saturated rings. The van der Waals surface area contributed by atoms with E-state index in [1.807, 2.05) is 29.0 Å². The minimum absolute atomic E-state index is 0.0288. The molecule has 7 nitrogen and oxygen atoms in total. The lowest BCUT2D eigenvalue weighted by molar-refractivity contribution is 0.0724. The van der Waals surface area contributed by atoms with E-state index in [0.717, 1.165) is 57.5 Å². The highest BCUT2D eigenvalue weighted by molar-refractivity contribution is 6.33. The van der Waals surface area contributed by atoms with Crippen LogP contribution in [-0.4, -0.2) is 57.8 Å². The summed E-state index contributed by atoms with van der Waals surface area (Å²) < 4.78 is 1.82. The lowest BCUT2D eigenvalue weighted by Gasteiger charge is -2.34. The number of likely N-dealkylation sites (tertiary alicyclic amines) is 1. The molecule has 0 bridgehead atoms. The highest BCUT2D eigenvalue weighted by Gasteiger charge is 2.23. The Hall–Kier alpha value is -2.28. The Kier molecular flexibility index (Phi) is 5.71. The third kappa shape index (κ3) is 4.24. The summed E-state index contributed by atoms with van der Waals surface area (Å²) in [6.45, 7) is 3.54. The molecule has 2 saturated heterocycles. The highest BCUT2D eigenvalue weighted by atomic mass is 35.5. The van der Waals surface area contributed by atoms with E-state index in [9.17, 15) is 4.79 Å². The SMILES string of the molecule is Cn1cc(N2CCCC(Nc3ncc(C(=O)N4CCCCC4)cc3Cl)C2)cn1. The number of aromatic nitrogens is 3. The monoisotopic (exact) mass is 402 g/mol. The number of piperidine rings is 2. The van der Waals surface area contributed by atoms with Crippen molar-refractivity contribution in [1.29, 1.82) is 0 Å². The van der Waals surface area contributed by atoms with Gasteiger partial charge in [0.05, 0.1) is 22.5 Å². The fraction of sp³-hybridized carbons (Fsp3) is 0.550. The fourth-order valence-electron chi connectivity index (χ4n) is 4.04. The molecule has 2 aromatic heterocycles. The molecule has 28 heavy (non-hydrogen) atoms. The second kappa shape index (κ2) is 8.39. The fourth-order valence-corrected chi connectivity index (χ4v) is 4.26. The second-order valence-corrected chi connectivity index (χ2v) is 8.12. The van der Waals surface area contributed by atoms with Gasteiger partial charge in [0, 0.05) is 51.7 Å². The molecular formula is C20H27ClN6O. The summed E-state index contributed by atoms with van der Waals surface area (Å²) in [7, 11) is 1.93. The minimum atomic E-state index is 0.0288. The number of hydrogen-bond acceptors (Lipinski definition) is 5. The van der Waals surface area contributed by atoms with Crippen LogP contribution in [0.4, 0.5) is 11.5 Å². The Morgan fingerprint density at radius 3 is 2.71 bits per heavy atom. The maximum Gasteiger partial charge on any atom is 0.255 e. The Morgan fingerprint density at radius 2 is 2.00 bits per heavy atom. The van der Waals surface area contributed by atoms with Crippen molar-refractivity contribution in [2.24, 2.45) is 7.05 Å². The summed E-state index contributed by atoms with van der Waals surface area (Å²) in [6, 6.07) is 2.00. The van der Waals surface area contributed by atoms with Crippen molar-refractivity contribution in [3.05, 3.63) is 35.2 Å².